The van der Waals surface area contributed by atoms with Gasteiger partial charge in [-0.15, -0.1) is 0 Å². The van der Waals surface area contributed by atoms with Gasteiger partial charge in [0.1, 0.15) is 0 Å². The smallest absolute Gasteiger partial charge is 0.0213 e. The molecule has 0 spiro atoms. The molecular formula is C19H25N. The van der Waals surface area contributed by atoms with Crippen molar-refractivity contribution in [2.45, 2.75) is 46.7 Å². The van der Waals surface area contributed by atoms with E-state index in [2.05, 4.69) is 75.5 Å². The first-order valence-electron chi connectivity index (χ1n) is 7.40. The van der Waals surface area contributed by atoms with Crippen LogP contribution in [0.25, 0.3) is 0 Å². The van der Waals surface area contributed by atoms with Crippen LogP contribution >= 0.6 is 0 Å². The molecule has 2 aromatic rings. The third-order valence-corrected chi connectivity index (χ3v) is 3.85. The van der Waals surface area contributed by atoms with Crippen molar-refractivity contribution >= 4 is 0 Å². The molecule has 0 saturated heterocycles. The van der Waals surface area contributed by atoms with Crippen LogP contribution in [0.2, 0.25) is 0 Å². The van der Waals surface area contributed by atoms with E-state index in [9.17, 15) is 0 Å². The summed E-state index contributed by atoms with van der Waals surface area (Å²) in [5.41, 5.74) is 6.96. The molecule has 1 nitrogen and oxygen atoms in total. The number of benzene rings is 2. The quantitative estimate of drug-likeness (QED) is 0.850. The fraction of sp³-hybridized carbons (Fsp3) is 0.368. The maximum absolute atomic E-state index is 3.65. The number of aryl methyl sites for hydroxylation is 3. The molecule has 0 radical (unpaired) electrons. The van der Waals surface area contributed by atoms with Gasteiger partial charge in [0, 0.05) is 12.6 Å². The Labute approximate surface area is 123 Å². The van der Waals surface area contributed by atoms with Crippen molar-refractivity contribution in [3.8, 4) is 0 Å². The number of rotatable bonds is 5. The van der Waals surface area contributed by atoms with Crippen LogP contribution in [0, 0.1) is 20.8 Å². The molecule has 0 aliphatic rings. The van der Waals surface area contributed by atoms with Crippen LogP contribution < -0.4 is 5.32 Å². The summed E-state index contributed by atoms with van der Waals surface area (Å²) in [6.45, 7) is 9.78. The molecule has 0 fully saturated rings. The molecule has 2 aromatic carbocycles. The average molecular weight is 267 g/mol. The molecule has 20 heavy (non-hydrogen) atoms. The predicted octanol–water partition coefficient (Wildman–Crippen LogP) is 4.33. The molecule has 0 bridgehead atoms. The Morgan fingerprint density at radius 3 is 2.15 bits per heavy atom. The molecule has 1 atom stereocenters. The average Bonchev–Trinajstić information content (AvgIpc) is 2.38. The van der Waals surface area contributed by atoms with Crippen LogP contribution in [0.1, 0.15) is 34.7 Å². The SMILES string of the molecule is Cc1cc(C)c(CNC(C)Cc2ccccc2)c(C)c1. The van der Waals surface area contributed by atoms with Gasteiger partial charge in [-0.25, -0.2) is 0 Å². The third kappa shape index (κ3) is 3.94. The second-order valence-electron chi connectivity index (χ2n) is 5.85. The highest BCUT2D eigenvalue weighted by molar-refractivity contribution is 5.37. The van der Waals surface area contributed by atoms with Gasteiger partial charge in [-0.1, -0.05) is 48.0 Å². The zero-order valence-corrected chi connectivity index (χ0v) is 13.0. The maximum Gasteiger partial charge on any atom is 0.0213 e. The van der Waals surface area contributed by atoms with Crippen molar-refractivity contribution in [2.24, 2.45) is 0 Å². The van der Waals surface area contributed by atoms with E-state index in [0.29, 0.717) is 6.04 Å². The molecule has 1 N–H and O–H groups in total. The van der Waals surface area contributed by atoms with Gasteiger partial charge in [0.15, 0.2) is 0 Å². The van der Waals surface area contributed by atoms with Crippen molar-refractivity contribution in [2.75, 3.05) is 0 Å². The van der Waals surface area contributed by atoms with E-state index in [1.807, 2.05) is 0 Å². The van der Waals surface area contributed by atoms with Crippen LogP contribution in [0.15, 0.2) is 42.5 Å². The van der Waals surface area contributed by atoms with Crippen molar-refractivity contribution < 1.29 is 0 Å². The zero-order valence-electron chi connectivity index (χ0n) is 13.0. The number of nitrogens with one attached hydrogen (secondary N) is 1. The van der Waals surface area contributed by atoms with Crippen LogP contribution in [0.4, 0.5) is 0 Å². The minimum absolute atomic E-state index is 0.484. The van der Waals surface area contributed by atoms with E-state index in [1.54, 1.807) is 0 Å². The number of hydrogen-bond donors (Lipinski definition) is 1. The summed E-state index contributed by atoms with van der Waals surface area (Å²) in [6.07, 6.45) is 1.07. The second-order valence-corrected chi connectivity index (χ2v) is 5.85. The van der Waals surface area contributed by atoms with Crippen molar-refractivity contribution in [3.63, 3.8) is 0 Å². The summed E-state index contributed by atoms with van der Waals surface area (Å²) in [7, 11) is 0. The Hall–Kier alpha value is -1.60. The van der Waals surface area contributed by atoms with Crippen LogP contribution in [0.5, 0.6) is 0 Å². The fourth-order valence-electron chi connectivity index (χ4n) is 2.80. The van der Waals surface area contributed by atoms with Gasteiger partial charge in [-0.3, -0.25) is 0 Å². The molecule has 0 saturated carbocycles. The van der Waals surface area contributed by atoms with E-state index in [-0.39, 0.29) is 0 Å². The molecule has 0 aliphatic heterocycles. The predicted molar refractivity (Wildman–Crippen MR) is 87.1 cm³/mol. The Balaban J connectivity index is 1.95. The lowest BCUT2D eigenvalue weighted by Gasteiger charge is -2.17. The third-order valence-electron chi connectivity index (χ3n) is 3.85. The van der Waals surface area contributed by atoms with Gasteiger partial charge in [0.25, 0.3) is 0 Å². The molecule has 0 amide bonds. The lowest BCUT2D eigenvalue weighted by atomic mass is 9.99. The summed E-state index contributed by atoms with van der Waals surface area (Å²) < 4.78 is 0. The Morgan fingerprint density at radius 2 is 1.55 bits per heavy atom. The van der Waals surface area contributed by atoms with Crippen LogP contribution in [0.3, 0.4) is 0 Å². The molecule has 1 unspecified atom stereocenters. The second kappa shape index (κ2) is 6.71. The highest BCUT2D eigenvalue weighted by Crippen LogP contribution is 2.16. The van der Waals surface area contributed by atoms with Gasteiger partial charge in [0.05, 0.1) is 0 Å². The fourth-order valence-corrected chi connectivity index (χ4v) is 2.80. The zero-order chi connectivity index (χ0) is 14.5. The Bertz CT molecular complexity index is 534. The van der Waals surface area contributed by atoms with Gasteiger partial charge in [-0.2, -0.15) is 0 Å². The summed E-state index contributed by atoms with van der Waals surface area (Å²) in [5, 5.41) is 3.65. The van der Waals surface area contributed by atoms with Crippen molar-refractivity contribution in [1.82, 2.24) is 5.32 Å². The summed E-state index contributed by atoms with van der Waals surface area (Å²) in [5.74, 6) is 0. The molecule has 2 rings (SSSR count). The van der Waals surface area contributed by atoms with E-state index in [4.69, 9.17) is 0 Å². The Kier molecular flexibility index (Phi) is 4.97. The topological polar surface area (TPSA) is 12.0 Å². The standard InChI is InChI=1S/C19H25N/c1-14-10-15(2)19(16(3)11-14)13-20-17(4)12-18-8-6-5-7-9-18/h5-11,17,20H,12-13H2,1-4H3. The van der Waals surface area contributed by atoms with Gasteiger partial charge in [0.2, 0.25) is 0 Å². The molecule has 0 aromatic heterocycles. The van der Waals surface area contributed by atoms with Crippen LogP contribution in [-0.4, -0.2) is 6.04 Å². The highest BCUT2D eigenvalue weighted by Gasteiger charge is 2.07. The Morgan fingerprint density at radius 1 is 0.950 bits per heavy atom. The normalized spacial score (nSPS) is 12.4. The van der Waals surface area contributed by atoms with Gasteiger partial charge < -0.3 is 5.32 Å². The first-order valence-corrected chi connectivity index (χ1v) is 7.40. The highest BCUT2D eigenvalue weighted by atomic mass is 14.9. The first-order chi connectivity index (χ1) is 9.56. The summed E-state index contributed by atoms with van der Waals surface area (Å²) in [6, 6.07) is 15.7. The molecule has 1 heteroatoms. The molecule has 0 heterocycles. The largest absolute Gasteiger partial charge is 0.310 e. The minimum atomic E-state index is 0.484. The van der Waals surface area contributed by atoms with Gasteiger partial charge >= 0.3 is 0 Å². The first kappa shape index (κ1) is 14.8. The molecular weight excluding hydrogens is 242 g/mol. The van der Waals surface area contributed by atoms with E-state index in [1.165, 1.54) is 27.8 Å². The van der Waals surface area contributed by atoms with Crippen LogP contribution in [-0.2, 0) is 13.0 Å². The summed E-state index contributed by atoms with van der Waals surface area (Å²) >= 11 is 0. The van der Waals surface area contributed by atoms with E-state index in [0.717, 1.165) is 13.0 Å². The monoisotopic (exact) mass is 267 g/mol. The maximum atomic E-state index is 3.65. The minimum Gasteiger partial charge on any atom is -0.310 e. The lowest BCUT2D eigenvalue weighted by molar-refractivity contribution is 0.543. The lowest BCUT2D eigenvalue weighted by Crippen LogP contribution is -2.28. The van der Waals surface area contributed by atoms with Crippen molar-refractivity contribution in [3.05, 3.63) is 70.3 Å². The molecule has 106 valence electrons. The number of hydrogen-bond acceptors (Lipinski definition) is 1. The van der Waals surface area contributed by atoms with Crippen molar-refractivity contribution in [1.29, 1.82) is 0 Å². The van der Waals surface area contributed by atoms with E-state index >= 15 is 0 Å². The summed E-state index contributed by atoms with van der Waals surface area (Å²) in [4.78, 5) is 0. The van der Waals surface area contributed by atoms with Gasteiger partial charge in [-0.05, 0) is 56.4 Å². The molecule has 0 aliphatic carbocycles. The van der Waals surface area contributed by atoms with E-state index < -0.39 is 0 Å².